The average molecular weight is 236 g/mol. The molecular formula is C14H20OS. The van der Waals surface area contributed by atoms with Crippen LogP contribution in [-0.2, 0) is 12.8 Å². The second-order valence-electron chi connectivity index (χ2n) is 4.92. The molecule has 1 N–H and O–H groups in total. The molecule has 1 atom stereocenters. The highest BCUT2D eigenvalue weighted by molar-refractivity contribution is 7.99. The Morgan fingerprint density at radius 2 is 2.06 bits per heavy atom. The van der Waals surface area contributed by atoms with E-state index in [-0.39, 0.29) is 0 Å². The highest BCUT2D eigenvalue weighted by atomic mass is 32.2. The molecule has 0 saturated heterocycles. The van der Waals surface area contributed by atoms with Gasteiger partial charge in [-0.25, -0.2) is 0 Å². The summed E-state index contributed by atoms with van der Waals surface area (Å²) >= 11 is 1.77. The zero-order valence-electron chi connectivity index (χ0n) is 10.1. The van der Waals surface area contributed by atoms with E-state index < -0.39 is 5.60 Å². The maximum atomic E-state index is 9.96. The fourth-order valence-corrected chi connectivity index (χ4v) is 3.05. The lowest BCUT2D eigenvalue weighted by molar-refractivity contribution is 0.0816. The summed E-state index contributed by atoms with van der Waals surface area (Å²) in [7, 11) is 0. The molecule has 0 fully saturated rings. The fourth-order valence-electron chi connectivity index (χ4n) is 1.98. The molecule has 0 bridgehead atoms. The minimum atomic E-state index is -0.538. The summed E-state index contributed by atoms with van der Waals surface area (Å²) in [5, 5.41) is 9.96. The Morgan fingerprint density at radius 1 is 1.31 bits per heavy atom. The maximum absolute atomic E-state index is 9.96. The van der Waals surface area contributed by atoms with Crippen molar-refractivity contribution in [3.05, 3.63) is 29.3 Å². The van der Waals surface area contributed by atoms with E-state index >= 15 is 0 Å². The van der Waals surface area contributed by atoms with Crippen LogP contribution in [-0.4, -0.2) is 16.5 Å². The molecule has 1 unspecified atom stereocenters. The molecule has 1 aliphatic rings. The molecule has 2 rings (SSSR count). The van der Waals surface area contributed by atoms with E-state index in [1.165, 1.54) is 35.3 Å². The number of hydrogen-bond acceptors (Lipinski definition) is 2. The molecule has 1 nitrogen and oxygen atoms in total. The second kappa shape index (κ2) is 4.80. The first kappa shape index (κ1) is 12.0. The number of aryl methyl sites for hydroxylation is 2. The van der Waals surface area contributed by atoms with E-state index in [4.69, 9.17) is 0 Å². The van der Waals surface area contributed by atoms with Crippen LogP contribution in [0.15, 0.2) is 23.1 Å². The maximum Gasteiger partial charge on any atom is 0.0710 e. The van der Waals surface area contributed by atoms with Crippen molar-refractivity contribution in [1.29, 1.82) is 0 Å². The fraction of sp³-hybridized carbons (Fsp3) is 0.571. The van der Waals surface area contributed by atoms with E-state index in [2.05, 4.69) is 18.2 Å². The first-order valence-corrected chi connectivity index (χ1v) is 7.06. The summed E-state index contributed by atoms with van der Waals surface area (Å²) in [6, 6.07) is 6.75. The second-order valence-corrected chi connectivity index (χ2v) is 5.97. The molecule has 0 amide bonds. The van der Waals surface area contributed by atoms with Gasteiger partial charge in [0.2, 0.25) is 0 Å². The van der Waals surface area contributed by atoms with Crippen molar-refractivity contribution in [3.63, 3.8) is 0 Å². The van der Waals surface area contributed by atoms with E-state index in [9.17, 15) is 5.11 Å². The number of benzene rings is 1. The van der Waals surface area contributed by atoms with Gasteiger partial charge in [0.1, 0.15) is 0 Å². The van der Waals surface area contributed by atoms with Crippen LogP contribution in [0.5, 0.6) is 0 Å². The van der Waals surface area contributed by atoms with E-state index in [0.29, 0.717) is 0 Å². The third-order valence-electron chi connectivity index (χ3n) is 3.38. The highest BCUT2D eigenvalue weighted by Gasteiger charge is 2.18. The van der Waals surface area contributed by atoms with Crippen molar-refractivity contribution in [3.8, 4) is 0 Å². The van der Waals surface area contributed by atoms with Crippen LogP contribution in [0.25, 0.3) is 0 Å². The summed E-state index contributed by atoms with van der Waals surface area (Å²) in [6.45, 7) is 3.94. The summed E-state index contributed by atoms with van der Waals surface area (Å²) in [4.78, 5) is 1.30. The third-order valence-corrected chi connectivity index (χ3v) is 4.73. The Balaban J connectivity index is 2.00. The highest BCUT2D eigenvalue weighted by Crippen LogP contribution is 2.29. The van der Waals surface area contributed by atoms with E-state index in [0.717, 1.165) is 12.2 Å². The van der Waals surface area contributed by atoms with Crippen molar-refractivity contribution >= 4 is 11.8 Å². The van der Waals surface area contributed by atoms with Crippen molar-refractivity contribution in [1.82, 2.24) is 0 Å². The molecule has 2 heteroatoms. The molecule has 1 aliphatic carbocycles. The molecule has 0 saturated carbocycles. The Labute approximate surface area is 102 Å². The van der Waals surface area contributed by atoms with Crippen LogP contribution in [0.4, 0.5) is 0 Å². The Hall–Kier alpha value is -0.470. The van der Waals surface area contributed by atoms with Crippen molar-refractivity contribution in [2.75, 3.05) is 5.75 Å². The summed E-state index contributed by atoms with van der Waals surface area (Å²) in [5.41, 5.74) is 2.50. The Morgan fingerprint density at radius 3 is 2.81 bits per heavy atom. The van der Waals surface area contributed by atoms with Gasteiger partial charge in [-0.05, 0) is 55.9 Å². The molecule has 0 aliphatic heterocycles. The lowest BCUT2D eigenvalue weighted by Gasteiger charge is -2.20. The van der Waals surface area contributed by atoms with Crippen molar-refractivity contribution < 1.29 is 5.11 Å². The molecule has 0 heterocycles. The van der Waals surface area contributed by atoms with Crippen LogP contribution < -0.4 is 0 Å². The van der Waals surface area contributed by atoms with Crippen LogP contribution >= 0.6 is 11.8 Å². The monoisotopic (exact) mass is 236 g/mol. The third kappa shape index (κ3) is 2.80. The van der Waals surface area contributed by atoms with Crippen LogP contribution in [0.3, 0.4) is 0 Å². The van der Waals surface area contributed by atoms with E-state index in [1.54, 1.807) is 11.8 Å². The number of rotatable bonds is 4. The van der Waals surface area contributed by atoms with Gasteiger partial charge >= 0.3 is 0 Å². The van der Waals surface area contributed by atoms with Gasteiger partial charge in [0.15, 0.2) is 0 Å². The molecule has 0 radical (unpaired) electrons. The smallest absolute Gasteiger partial charge is 0.0710 e. The van der Waals surface area contributed by atoms with Gasteiger partial charge in [0.25, 0.3) is 0 Å². The zero-order valence-corrected chi connectivity index (χ0v) is 10.9. The lowest BCUT2D eigenvalue weighted by atomic mass is 10.1. The SMILES string of the molecule is CCC(C)(O)CSc1ccc2c(c1)CCC2. The molecule has 0 spiro atoms. The molecule has 1 aromatic rings. The number of aliphatic hydroxyl groups is 1. The van der Waals surface area contributed by atoms with Gasteiger partial charge < -0.3 is 5.11 Å². The van der Waals surface area contributed by atoms with Crippen LogP contribution in [0.1, 0.15) is 37.8 Å². The van der Waals surface area contributed by atoms with E-state index in [1.807, 2.05) is 13.8 Å². The van der Waals surface area contributed by atoms with Gasteiger partial charge in [-0.2, -0.15) is 0 Å². The van der Waals surface area contributed by atoms with Crippen molar-refractivity contribution in [2.24, 2.45) is 0 Å². The minimum Gasteiger partial charge on any atom is -0.389 e. The quantitative estimate of drug-likeness (QED) is 0.808. The first-order chi connectivity index (χ1) is 7.61. The lowest BCUT2D eigenvalue weighted by Crippen LogP contribution is -2.25. The number of hydrogen-bond donors (Lipinski definition) is 1. The minimum absolute atomic E-state index is 0.538. The first-order valence-electron chi connectivity index (χ1n) is 6.08. The standard InChI is InChI=1S/C14H20OS/c1-3-14(2,15)10-16-13-8-7-11-5-4-6-12(11)9-13/h7-9,15H,3-6,10H2,1-2H3. The molecule has 16 heavy (non-hydrogen) atoms. The predicted molar refractivity (Wildman–Crippen MR) is 70.1 cm³/mol. The summed E-state index contributed by atoms with van der Waals surface area (Å²) in [6.07, 6.45) is 4.59. The Kier molecular flexibility index (Phi) is 3.60. The van der Waals surface area contributed by atoms with Crippen LogP contribution in [0.2, 0.25) is 0 Å². The van der Waals surface area contributed by atoms with Gasteiger partial charge in [-0.1, -0.05) is 13.0 Å². The normalized spacial score (nSPS) is 18.2. The number of thioether (sulfide) groups is 1. The van der Waals surface area contributed by atoms with Gasteiger partial charge in [0, 0.05) is 10.6 Å². The summed E-state index contributed by atoms with van der Waals surface area (Å²) < 4.78 is 0. The largest absolute Gasteiger partial charge is 0.389 e. The van der Waals surface area contributed by atoms with Crippen LogP contribution in [0, 0.1) is 0 Å². The van der Waals surface area contributed by atoms with Gasteiger partial charge in [-0.15, -0.1) is 11.8 Å². The molecular weight excluding hydrogens is 216 g/mol. The van der Waals surface area contributed by atoms with Gasteiger partial charge in [-0.3, -0.25) is 0 Å². The Bertz CT molecular complexity index is 371. The summed E-state index contributed by atoms with van der Waals surface area (Å²) in [5.74, 6) is 0.780. The average Bonchev–Trinajstić information content (AvgIpc) is 2.73. The predicted octanol–water partition coefficient (Wildman–Crippen LogP) is 3.43. The number of fused-ring (bicyclic) bond motifs is 1. The topological polar surface area (TPSA) is 20.2 Å². The molecule has 0 aromatic heterocycles. The molecule has 88 valence electrons. The molecule has 1 aromatic carbocycles. The zero-order chi connectivity index (χ0) is 11.6. The van der Waals surface area contributed by atoms with Crippen molar-refractivity contribution in [2.45, 2.75) is 50.0 Å². The van der Waals surface area contributed by atoms with Gasteiger partial charge in [0.05, 0.1) is 5.60 Å².